The summed E-state index contributed by atoms with van der Waals surface area (Å²) in [6, 6.07) is 16.4. The van der Waals surface area contributed by atoms with Crippen molar-refractivity contribution in [1.29, 1.82) is 0 Å². The predicted octanol–water partition coefficient (Wildman–Crippen LogP) is 4.50. The number of benzene rings is 2. The van der Waals surface area contributed by atoms with Crippen LogP contribution in [0.25, 0.3) is 10.1 Å². The van der Waals surface area contributed by atoms with Gasteiger partial charge < -0.3 is 10.5 Å². The fourth-order valence-corrected chi connectivity index (χ4v) is 3.24. The average Bonchev–Trinajstić information content (AvgIpc) is 2.88. The van der Waals surface area contributed by atoms with Gasteiger partial charge in [-0.2, -0.15) is 0 Å². The number of rotatable bonds is 4. The molecule has 3 heteroatoms. The van der Waals surface area contributed by atoms with Crippen LogP contribution in [0.5, 0.6) is 5.75 Å². The lowest BCUT2D eigenvalue weighted by molar-refractivity contribution is 0.303. The van der Waals surface area contributed by atoms with Gasteiger partial charge in [-0.3, -0.25) is 0 Å². The van der Waals surface area contributed by atoms with E-state index in [-0.39, 0.29) is 6.04 Å². The van der Waals surface area contributed by atoms with Gasteiger partial charge in [0.1, 0.15) is 12.4 Å². The van der Waals surface area contributed by atoms with Crippen LogP contribution < -0.4 is 10.5 Å². The minimum Gasteiger partial charge on any atom is -0.489 e. The molecule has 0 fully saturated rings. The van der Waals surface area contributed by atoms with Gasteiger partial charge in [0.05, 0.1) is 0 Å². The van der Waals surface area contributed by atoms with Gasteiger partial charge in [0, 0.05) is 21.9 Å². The summed E-state index contributed by atoms with van der Waals surface area (Å²) in [7, 11) is 0. The Balaban J connectivity index is 1.83. The van der Waals surface area contributed by atoms with Crippen molar-refractivity contribution in [3.05, 3.63) is 65.0 Å². The number of para-hydroxylation sites is 1. The summed E-state index contributed by atoms with van der Waals surface area (Å²) in [5.74, 6) is 0.873. The highest BCUT2D eigenvalue weighted by atomic mass is 32.1. The Morgan fingerprint density at radius 3 is 2.70 bits per heavy atom. The summed E-state index contributed by atoms with van der Waals surface area (Å²) in [5.41, 5.74) is 8.25. The third-order valence-corrected chi connectivity index (χ3v) is 4.37. The highest BCUT2D eigenvalue weighted by Gasteiger charge is 2.09. The van der Waals surface area contributed by atoms with E-state index in [9.17, 15) is 0 Å². The molecule has 2 nitrogen and oxygen atoms in total. The molecule has 0 spiro atoms. The first-order valence-corrected chi connectivity index (χ1v) is 7.56. The largest absolute Gasteiger partial charge is 0.489 e. The SMILES string of the molecule is C[C@@H](N)c1ccccc1OCc1csc2ccccc12. The second kappa shape index (κ2) is 5.65. The predicted molar refractivity (Wildman–Crippen MR) is 85.2 cm³/mol. The van der Waals surface area contributed by atoms with Crippen LogP contribution in [-0.4, -0.2) is 0 Å². The van der Waals surface area contributed by atoms with Crippen molar-refractivity contribution in [1.82, 2.24) is 0 Å². The van der Waals surface area contributed by atoms with Crippen LogP contribution >= 0.6 is 11.3 Å². The molecule has 0 saturated carbocycles. The van der Waals surface area contributed by atoms with E-state index in [1.165, 1.54) is 15.6 Å². The first-order chi connectivity index (χ1) is 9.75. The molecule has 0 radical (unpaired) electrons. The van der Waals surface area contributed by atoms with Crippen molar-refractivity contribution in [2.75, 3.05) is 0 Å². The third kappa shape index (κ3) is 2.55. The second-order valence-electron chi connectivity index (χ2n) is 4.87. The second-order valence-corrected chi connectivity index (χ2v) is 5.78. The Morgan fingerprint density at radius 1 is 1.10 bits per heavy atom. The number of ether oxygens (including phenoxy) is 1. The number of hydrogen-bond acceptors (Lipinski definition) is 3. The molecule has 1 heterocycles. The van der Waals surface area contributed by atoms with Crippen LogP contribution in [0.2, 0.25) is 0 Å². The van der Waals surface area contributed by atoms with Crippen molar-refractivity contribution in [2.24, 2.45) is 5.73 Å². The monoisotopic (exact) mass is 283 g/mol. The number of thiophene rings is 1. The molecular weight excluding hydrogens is 266 g/mol. The normalized spacial score (nSPS) is 12.5. The molecule has 3 aromatic rings. The van der Waals surface area contributed by atoms with E-state index in [2.05, 4.69) is 29.6 Å². The first-order valence-electron chi connectivity index (χ1n) is 6.68. The molecule has 0 aliphatic rings. The molecule has 0 aliphatic heterocycles. The van der Waals surface area contributed by atoms with Gasteiger partial charge in [0.2, 0.25) is 0 Å². The molecule has 1 aromatic heterocycles. The van der Waals surface area contributed by atoms with Crippen molar-refractivity contribution >= 4 is 21.4 Å². The molecule has 0 amide bonds. The number of fused-ring (bicyclic) bond motifs is 1. The molecule has 0 unspecified atom stereocenters. The third-order valence-electron chi connectivity index (χ3n) is 3.35. The molecule has 20 heavy (non-hydrogen) atoms. The summed E-state index contributed by atoms with van der Waals surface area (Å²) in [5, 5.41) is 3.44. The zero-order chi connectivity index (χ0) is 13.9. The molecule has 1 atom stereocenters. The lowest BCUT2D eigenvalue weighted by atomic mass is 10.1. The van der Waals surface area contributed by atoms with Crippen LogP contribution in [0.1, 0.15) is 24.1 Å². The first kappa shape index (κ1) is 13.2. The highest BCUT2D eigenvalue weighted by molar-refractivity contribution is 7.17. The molecule has 0 aliphatic carbocycles. The van der Waals surface area contributed by atoms with Gasteiger partial charge >= 0.3 is 0 Å². The van der Waals surface area contributed by atoms with Gasteiger partial charge in [0.15, 0.2) is 0 Å². The van der Waals surface area contributed by atoms with Crippen molar-refractivity contribution in [3.8, 4) is 5.75 Å². The maximum Gasteiger partial charge on any atom is 0.124 e. The highest BCUT2D eigenvalue weighted by Crippen LogP contribution is 2.28. The number of nitrogens with two attached hydrogens (primary N) is 1. The topological polar surface area (TPSA) is 35.2 Å². The minimum atomic E-state index is -0.0228. The van der Waals surface area contributed by atoms with Crippen molar-refractivity contribution < 1.29 is 4.74 Å². The van der Waals surface area contributed by atoms with Crippen molar-refractivity contribution in [3.63, 3.8) is 0 Å². The van der Waals surface area contributed by atoms with E-state index in [1.807, 2.05) is 31.2 Å². The van der Waals surface area contributed by atoms with Crippen LogP contribution in [0, 0.1) is 0 Å². The van der Waals surface area contributed by atoms with E-state index in [1.54, 1.807) is 11.3 Å². The van der Waals surface area contributed by atoms with E-state index in [4.69, 9.17) is 10.5 Å². The summed E-state index contributed by atoms with van der Waals surface area (Å²) >= 11 is 1.75. The summed E-state index contributed by atoms with van der Waals surface area (Å²) in [4.78, 5) is 0. The maximum absolute atomic E-state index is 5.98. The molecule has 0 bridgehead atoms. The van der Waals surface area contributed by atoms with Gasteiger partial charge in [-0.25, -0.2) is 0 Å². The maximum atomic E-state index is 5.98. The Labute approximate surface area is 122 Å². The molecule has 2 aromatic carbocycles. The van der Waals surface area contributed by atoms with Gasteiger partial charge in [-0.1, -0.05) is 36.4 Å². The quantitative estimate of drug-likeness (QED) is 0.765. The Hall–Kier alpha value is -1.84. The zero-order valence-corrected chi connectivity index (χ0v) is 12.2. The molecule has 0 saturated heterocycles. The van der Waals surface area contributed by atoms with Gasteiger partial charge in [-0.15, -0.1) is 11.3 Å². The van der Waals surface area contributed by atoms with E-state index in [0.29, 0.717) is 6.61 Å². The molecule has 102 valence electrons. The van der Waals surface area contributed by atoms with E-state index < -0.39 is 0 Å². The van der Waals surface area contributed by atoms with Crippen LogP contribution in [0.3, 0.4) is 0 Å². The smallest absolute Gasteiger partial charge is 0.124 e. The fourth-order valence-electron chi connectivity index (χ4n) is 2.29. The zero-order valence-electron chi connectivity index (χ0n) is 11.4. The summed E-state index contributed by atoms with van der Waals surface area (Å²) < 4.78 is 7.28. The number of hydrogen-bond donors (Lipinski definition) is 1. The Bertz CT molecular complexity index is 718. The molecule has 3 rings (SSSR count). The van der Waals surface area contributed by atoms with Crippen LogP contribution in [0.4, 0.5) is 0 Å². The van der Waals surface area contributed by atoms with E-state index >= 15 is 0 Å². The standard InChI is InChI=1S/C17H17NOS/c1-12(18)14-6-2-4-8-16(14)19-10-13-11-20-17-9-5-3-7-15(13)17/h2-9,11-12H,10,18H2,1H3/t12-/m1/s1. The Morgan fingerprint density at radius 2 is 1.85 bits per heavy atom. The molecule has 2 N–H and O–H groups in total. The lowest BCUT2D eigenvalue weighted by Gasteiger charge is -2.13. The minimum absolute atomic E-state index is 0.0228. The van der Waals surface area contributed by atoms with Crippen LogP contribution in [0.15, 0.2) is 53.9 Å². The van der Waals surface area contributed by atoms with Gasteiger partial charge in [-0.05, 0) is 29.8 Å². The van der Waals surface area contributed by atoms with Crippen LogP contribution in [-0.2, 0) is 6.61 Å². The fraction of sp³-hybridized carbons (Fsp3) is 0.176. The van der Waals surface area contributed by atoms with E-state index in [0.717, 1.165) is 11.3 Å². The Kier molecular flexibility index (Phi) is 3.72. The van der Waals surface area contributed by atoms with Crippen molar-refractivity contribution in [2.45, 2.75) is 19.6 Å². The molecular formula is C17H17NOS. The average molecular weight is 283 g/mol. The summed E-state index contributed by atoms with van der Waals surface area (Å²) in [6.07, 6.45) is 0. The summed E-state index contributed by atoms with van der Waals surface area (Å²) in [6.45, 7) is 2.55. The lowest BCUT2D eigenvalue weighted by Crippen LogP contribution is -2.07. The van der Waals surface area contributed by atoms with Gasteiger partial charge in [0.25, 0.3) is 0 Å².